The number of anilines is 1. The highest BCUT2D eigenvalue weighted by molar-refractivity contribution is 5.74. The number of nitrogens with zero attached hydrogens (tertiary/aromatic N) is 2. The van der Waals surface area contributed by atoms with Crippen molar-refractivity contribution >= 4 is 11.8 Å². The van der Waals surface area contributed by atoms with E-state index in [1.807, 2.05) is 0 Å². The van der Waals surface area contributed by atoms with E-state index in [0.29, 0.717) is 0 Å². The quantitative estimate of drug-likeness (QED) is 0.632. The smallest absolute Gasteiger partial charge is 0.325 e. The number of ether oxygens (including phenoxy) is 1. The molecule has 5 heteroatoms. The van der Waals surface area contributed by atoms with Crippen LogP contribution in [0.1, 0.15) is 30.5 Å². The van der Waals surface area contributed by atoms with Crippen LogP contribution in [0.25, 0.3) is 0 Å². The number of carbonyl (C=O) groups is 1. The summed E-state index contributed by atoms with van der Waals surface area (Å²) < 4.78 is 4.60. The van der Waals surface area contributed by atoms with Gasteiger partial charge in [-0.05, 0) is 25.7 Å². The molecule has 1 aromatic rings. The maximum absolute atomic E-state index is 11.1. The van der Waals surface area contributed by atoms with Gasteiger partial charge in [-0.1, -0.05) is 6.42 Å². The van der Waals surface area contributed by atoms with E-state index in [1.165, 1.54) is 20.0 Å². The van der Waals surface area contributed by atoms with Gasteiger partial charge in [0, 0.05) is 11.3 Å². The third kappa shape index (κ3) is 2.93. The van der Waals surface area contributed by atoms with Crippen molar-refractivity contribution in [3.8, 4) is 0 Å². The Morgan fingerprint density at radius 1 is 1.35 bits per heavy atom. The zero-order valence-electron chi connectivity index (χ0n) is 10.0. The molecular formula is C12H17N3O2. The SMILES string of the molecule is COC(=O)CNc1ncnc2c1CCCCC2. The van der Waals surface area contributed by atoms with Crippen LogP contribution in [0.15, 0.2) is 6.33 Å². The van der Waals surface area contributed by atoms with Crippen LogP contribution in [0, 0.1) is 0 Å². The predicted octanol–water partition coefficient (Wildman–Crippen LogP) is 1.33. The summed E-state index contributed by atoms with van der Waals surface area (Å²) in [7, 11) is 1.38. The summed E-state index contributed by atoms with van der Waals surface area (Å²) in [6.07, 6.45) is 7.12. The van der Waals surface area contributed by atoms with Gasteiger partial charge >= 0.3 is 5.97 Å². The Hall–Kier alpha value is -1.65. The molecule has 0 radical (unpaired) electrons. The monoisotopic (exact) mass is 235 g/mol. The van der Waals surface area contributed by atoms with Gasteiger partial charge in [0.05, 0.1) is 7.11 Å². The van der Waals surface area contributed by atoms with Gasteiger partial charge in [0.15, 0.2) is 0 Å². The molecule has 1 aliphatic carbocycles. The molecular weight excluding hydrogens is 218 g/mol. The number of nitrogens with one attached hydrogen (secondary N) is 1. The fraction of sp³-hybridized carbons (Fsp3) is 0.583. The number of hydrogen-bond donors (Lipinski definition) is 1. The van der Waals surface area contributed by atoms with E-state index in [1.54, 1.807) is 6.33 Å². The van der Waals surface area contributed by atoms with Gasteiger partial charge in [0.25, 0.3) is 0 Å². The second kappa shape index (κ2) is 5.61. The Morgan fingerprint density at radius 2 is 2.18 bits per heavy atom. The van der Waals surface area contributed by atoms with Crippen LogP contribution in [-0.4, -0.2) is 29.6 Å². The van der Waals surface area contributed by atoms with E-state index in [0.717, 1.165) is 36.3 Å². The van der Waals surface area contributed by atoms with Crippen molar-refractivity contribution in [1.82, 2.24) is 9.97 Å². The van der Waals surface area contributed by atoms with Crippen LogP contribution in [0.2, 0.25) is 0 Å². The Labute approximate surface area is 101 Å². The lowest BCUT2D eigenvalue weighted by molar-refractivity contribution is -0.138. The van der Waals surface area contributed by atoms with Crippen LogP contribution in [0.4, 0.5) is 5.82 Å². The van der Waals surface area contributed by atoms with E-state index < -0.39 is 0 Å². The number of aromatic nitrogens is 2. The maximum Gasteiger partial charge on any atom is 0.325 e. The van der Waals surface area contributed by atoms with Crippen molar-refractivity contribution in [3.63, 3.8) is 0 Å². The highest BCUT2D eigenvalue weighted by atomic mass is 16.5. The molecule has 92 valence electrons. The lowest BCUT2D eigenvalue weighted by atomic mass is 10.1. The molecule has 0 bridgehead atoms. The van der Waals surface area contributed by atoms with E-state index in [2.05, 4.69) is 20.0 Å². The minimum Gasteiger partial charge on any atom is -0.468 e. The first-order valence-electron chi connectivity index (χ1n) is 5.94. The first-order chi connectivity index (χ1) is 8.31. The molecule has 1 heterocycles. The number of aryl methyl sites for hydroxylation is 1. The second-order valence-corrected chi connectivity index (χ2v) is 4.14. The number of hydrogen-bond acceptors (Lipinski definition) is 5. The molecule has 1 aromatic heterocycles. The molecule has 0 amide bonds. The normalized spacial score (nSPS) is 14.6. The molecule has 2 rings (SSSR count). The number of rotatable bonds is 3. The predicted molar refractivity (Wildman–Crippen MR) is 63.8 cm³/mol. The summed E-state index contributed by atoms with van der Waals surface area (Å²) in [5, 5.41) is 3.03. The lowest BCUT2D eigenvalue weighted by Gasteiger charge is -2.11. The van der Waals surface area contributed by atoms with Crippen LogP contribution in [0.3, 0.4) is 0 Å². The minimum atomic E-state index is -0.286. The molecule has 0 aliphatic heterocycles. The van der Waals surface area contributed by atoms with E-state index >= 15 is 0 Å². The Bertz CT molecular complexity index is 407. The standard InChI is InChI=1S/C12H17N3O2/c1-17-11(16)7-13-12-9-5-3-2-4-6-10(9)14-8-15-12/h8H,2-7H2,1H3,(H,13,14,15). The average molecular weight is 235 g/mol. The van der Waals surface area contributed by atoms with Gasteiger partial charge in [-0.3, -0.25) is 4.79 Å². The molecule has 0 aromatic carbocycles. The zero-order valence-corrected chi connectivity index (χ0v) is 10.0. The Balaban J connectivity index is 2.14. The summed E-state index contributed by atoms with van der Waals surface area (Å²) in [6, 6.07) is 0. The van der Waals surface area contributed by atoms with E-state index in [4.69, 9.17) is 0 Å². The third-order valence-corrected chi connectivity index (χ3v) is 3.00. The van der Waals surface area contributed by atoms with Crippen molar-refractivity contribution in [3.05, 3.63) is 17.6 Å². The van der Waals surface area contributed by atoms with Gasteiger partial charge in [-0.2, -0.15) is 0 Å². The van der Waals surface area contributed by atoms with Gasteiger partial charge in [-0.25, -0.2) is 9.97 Å². The van der Waals surface area contributed by atoms with Crippen LogP contribution in [0.5, 0.6) is 0 Å². The van der Waals surface area contributed by atoms with Gasteiger partial charge in [-0.15, -0.1) is 0 Å². The third-order valence-electron chi connectivity index (χ3n) is 3.00. The lowest BCUT2D eigenvalue weighted by Crippen LogP contribution is -2.17. The van der Waals surface area contributed by atoms with Crippen LogP contribution in [-0.2, 0) is 22.4 Å². The summed E-state index contributed by atoms with van der Waals surface area (Å²) in [6.45, 7) is 0.153. The summed E-state index contributed by atoms with van der Waals surface area (Å²) >= 11 is 0. The average Bonchev–Trinajstić information content (AvgIpc) is 2.61. The van der Waals surface area contributed by atoms with Crippen molar-refractivity contribution in [1.29, 1.82) is 0 Å². The van der Waals surface area contributed by atoms with Gasteiger partial charge in [0.2, 0.25) is 0 Å². The van der Waals surface area contributed by atoms with Crippen molar-refractivity contribution < 1.29 is 9.53 Å². The Kier molecular flexibility index (Phi) is 3.90. The van der Waals surface area contributed by atoms with Crippen LogP contribution < -0.4 is 5.32 Å². The van der Waals surface area contributed by atoms with Crippen molar-refractivity contribution in [2.75, 3.05) is 19.0 Å². The summed E-state index contributed by atoms with van der Waals surface area (Å²) in [5.74, 6) is 0.494. The fourth-order valence-electron chi connectivity index (χ4n) is 2.08. The zero-order chi connectivity index (χ0) is 12.1. The molecule has 17 heavy (non-hydrogen) atoms. The molecule has 0 saturated carbocycles. The largest absolute Gasteiger partial charge is 0.468 e. The number of methoxy groups -OCH3 is 1. The molecule has 0 saturated heterocycles. The van der Waals surface area contributed by atoms with E-state index in [9.17, 15) is 4.79 Å². The summed E-state index contributed by atoms with van der Waals surface area (Å²) in [4.78, 5) is 19.6. The highest BCUT2D eigenvalue weighted by Gasteiger charge is 2.14. The maximum atomic E-state index is 11.1. The molecule has 0 spiro atoms. The minimum absolute atomic E-state index is 0.153. The highest BCUT2D eigenvalue weighted by Crippen LogP contribution is 2.23. The number of carbonyl (C=O) groups excluding carboxylic acids is 1. The first kappa shape index (κ1) is 11.8. The van der Waals surface area contributed by atoms with Crippen molar-refractivity contribution in [2.24, 2.45) is 0 Å². The topological polar surface area (TPSA) is 64.1 Å². The molecule has 0 unspecified atom stereocenters. The molecule has 5 nitrogen and oxygen atoms in total. The molecule has 1 aliphatic rings. The Morgan fingerprint density at radius 3 is 3.00 bits per heavy atom. The van der Waals surface area contributed by atoms with Crippen molar-refractivity contribution in [2.45, 2.75) is 32.1 Å². The molecule has 1 N–H and O–H groups in total. The fourth-order valence-corrected chi connectivity index (χ4v) is 2.08. The van der Waals surface area contributed by atoms with Gasteiger partial charge in [0.1, 0.15) is 18.7 Å². The van der Waals surface area contributed by atoms with Crippen LogP contribution >= 0.6 is 0 Å². The number of fused-ring (bicyclic) bond motifs is 1. The van der Waals surface area contributed by atoms with Gasteiger partial charge < -0.3 is 10.1 Å². The summed E-state index contributed by atoms with van der Waals surface area (Å²) in [5.41, 5.74) is 2.28. The first-order valence-corrected chi connectivity index (χ1v) is 5.94. The van der Waals surface area contributed by atoms with E-state index in [-0.39, 0.29) is 12.5 Å². The molecule has 0 atom stereocenters. The molecule has 0 fully saturated rings. The number of esters is 1. The second-order valence-electron chi connectivity index (χ2n) is 4.14.